The lowest BCUT2D eigenvalue weighted by Crippen LogP contribution is -2.30. The molecule has 0 saturated heterocycles. The molecule has 112 valence electrons. The molecule has 21 heavy (non-hydrogen) atoms. The number of nitrogen functional groups attached to an aromatic ring is 1. The van der Waals surface area contributed by atoms with E-state index in [1.165, 1.54) is 11.3 Å². The van der Waals surface area contributed by atoms with Gasteiger partial charge < -0.3 is 0 Å². The van der Waals surface area contributed by atoms with E-state index in [1.54, 1.807) is 0 Å². The molecule has 0 spiro atoms. The first kappa shape index (κ1) is 15.9. The first-order chi connectivity index (χ1) is 10.0. The molecule has 2 aromatic rings. The van der Waals surface area contributed by atoms with Crippen LogP contribution >= 0.6 is 22.9 Å². The number of nitrogens with two attached hydrogens (primary N) is 1. The largest absolute Gasteiger partial charge is 0.294 e. The van der Waals surface area contributed by atoms with Crippen molar-refractivity contribution in [3.05, 3.63) is 50.9 Å². The summed E-state index contributed by atoms with van der Waals surface area (Å²) in [5.74, 6) is 4.73. The number of hydrogen-bond donors (Lipinski definition) is 2. The van der Waals surface area contributed by atoms with Gasteiger partial charge in [-0.3, -0.25) is 15.1 Å². The van der Waals surface area contributed by atoms with Crippen molar-refractivity contribution >= 4 is 28.8 Å². The van der Waals surface area contributed by atoms with Crippen molar-refractivity contribution in [3.8, 4) is 0 Å². The van der Waals surface area contributed by atoms with Gasteiger partial charge in [0.15, 0.2) is 5.01 Å². The minimum absolute atomic E-state index is 0.146. The number of hydrazine groups is 1. The number of aromatic nitrogens is 1. The molecule has 2 rings (SSSR count). The van der Waals surface area contributed by atoms with Crippen molar-refractivity contribution in [2.45, 2.75) is 19.5 Å². The summed E-state index contributed by atoms with van der Waals surface area (Å²) in [7, 11) is 2.00. The van der Waals surface area contributed by atoms with Crippen LogP contribution in [-0.4, -0.2) is 22.8 Å². The van der Waals surface area contributed by atoms with Crippen LogP contribution in [0, 0.1) is 0 Å². The van der Waals surface area contributed by atoms with Crippen molar-refractivity contribution in [2.75, 3.05) is 7.05 Å². The molecule has 0 aliphatic carbocycles. The maximum absolute atomic E-state index is 11.4. The lowest BCUT2D eigenvalue weighted by atomic mass is 10.1. The zero-order chi connectivity index (χ0) is 15.4. The molecule has 0 bridgehead atoms. The highest BCUT2D eigenvalue weighted by Crippen LogP contribution is 2.27. The third-order valence-electron chi connectivity index (χ3n) is 3.30. The highest BCUT2D eigenvalue weighted by atomic mass is 35.5. The molecule has 1 amide bonds. The molecule has 7 heteroatoms. The third-order valence-corrected chi connectivity index (χ3v) is 4.54. The molecule has 0 aliphatic rings. The van der Waals surface area contributed by atoms with Gasteiger partial charge in [-0.25, -0.2) is 10.8 Å². The summed E-state index contributed by atoms with van der Waals surface area (Å²) in [4.78, 5) is 17.8. The van der Waals surface area contributed by atoms with Gasteiger partial charge in [0, 0.05) is 23.0 Å². The van der Waals surface area contributed by atoms with E-state index in [9.17, 15) is 4.79 Å². The Balaban J connectivity index is 2.07. The fourth-order valence-corrected chi connectivity index (χ4v) is 2.99. The molecule has 3 N–H and O–H groups in total. The second-order valence-electron chi connectivity index (χ2n) is 4.73. The van der Waals surface area contributed by atoms with Crippen molar-refractivity contribution in [1.29, 1.82) is 0 Å². The standard InChI is InChI=1S/C14H17ClN4OS/c1-9(11-5-3-4-6-12(11)15)19(2)7-10-8-21-14(17-10)13(20)18-16/h3-6,8-9H,7,16H2,1-2H3,(H,18,20). The van der Waals surface area contributed by atoms with Crippen LogP contribution in [0.5, 0.6) is 0 Å². The van der Waals surface area contributed by atoms with Gasteiger partial charge in [0.2, 0.25) is 0 Å². The van der Waals surface area contributed by atoms with Crippen LogP contribution < -0.4 is 11.3 Å². The molecule has 1 aromatic carbocycles. The molecule has 0 radical (unpaired) electrons. The van der Waals surface area contributed by atoms with Crippen molar-refractivity contribution in [2.24, 2.45) is 5.84 Å². The van der Waals surface area contributed by atoms with Crippen LogP contribution in [0.3, 0.4) is 0 Å². The van der Waals surface area contributed by atoms with Gasteiger partial charge in [0.25, 0.3) is 5.91 Å². The number of halogens is 1. The number of nitrogens with one attached hydrogen (secondary N) is 1. The summed E-state index contributed by atoms with van der Waals surface area (Å²) >= 11 is 7.50. The fraction of sp³-hybridized carbons (Fsp3) is 0.286. The molecule has 0 fully saturated rings. The molecule has 1 unspecified atom stereocenters. The van der Waals surface area contributed by atoms with Gasteiger partial charge in [0.05, 0.1) is 5.69 Å². The Morgan fingerprint density at radius 1 is 1.52 bits per heavy atom. The number of nitrogens with zero attached hydrogens (tertiary/aromatic N) is 2. The van der Waals surface area contributed by atoms with Gasteiger partial charge in [-0.15, -0.1) is 11.3 Å². The van der Waals surface area contributed by atoms with Gasteiger partial charge in [0.1, 0.15) is 0 Å². The maximum Gasteiger partial charge on any atom is 0.294 e. The Morgan fingerprint density at radius 2 is 2.24 bits per heavy atom. The predicted molar refractivity (Wildman–Crippen MR) is 85.1 cm³/mol. The molecule has 0 aliphatic heterocycles. The van der Waals surface area contributed by atoms with Crippen molar-refractivity contribution in [1.82, 2.24) is 15.3 Å². The van der Waals surface area contributed by atoms with E-state index in [4.69, 9.17) is 17.4 Å². The van der Waals surface area contributed by atoms with Crippen LogP contribution in [0.2, 0.25) is 5.02 Å². The first-order valence-electron chi connectivity index (χ1n) is 6.43. The molecule has 5 nitrogen and oxygen atoms in total. The SMILES string of the molecule is CC(c1ccccc1Cl)N(C)Cc1csc(C(=O)NN)n1. The van der Waals surface area contributed by atoms with Gasteiger partial charge in [-0.2, -0.15) is 0 Å². The normalized spacial score (nSPS) is 12.4. The zero-order valence-corrected chi connectivity index (χ0v) is 13.4. The number of carbonyl (C=O) groups is 1. The summed E-state index contributed by atoms with van der Waals surface area (Å²) in [6.45, 7) is 2.71. The molecular formula is C14H17ClN4OS. The molecule has 1 aromatic heterocycles. The second-order valence-corrected chi connectivity index (χ2v) is 6.00. The predicted octanol–water partition coefficient (Wildman–Crippen LogP) is 2.59. The van der Waals surface area contributed by atoms with Crippen LogP contribution in [0.15, 0.2) is 29.6 Å². The number of amides is 1. The van der Waals surface area contributed by atoms with Gasteiger partial charge in [-0.05, 0) is 25.6 Å². The van der Waals surface area contributed by atoms with E-state index in [1.807, 2.05) is 36.7 Å². The molecule has 1 heterocycles. The first-order valence-corrected chi connectivity index (χ1v) is 7.68. The lowest BCUT2D eigenvalue weighted by Gasteiger charge is -2.25. The van der Waals surface area contributed by atoms with Crippen molar-refractivity contribution < 1.29 is 4.79 Å². The van der Waals surface area contributed by atoms with E-state index in [-0.39, 0.29) is 11.9 Å². The minimum atomic E-state index is -0.368. The van der Waals surface area contributed by atoms with Crippen molar-refractivity contribution in [3.63, 3.8) is 0 Å². The smallest absolute Gasteiger partial charge is 0.294 e. The molecular weight excluding hydrogens is 308 g/mol. The van der Waals surface area contributed by atoms with E-state index >= 15 is 0 Å². The Hall–Kier alpha value is -1.47. The quantitative estimate of drug-likeness (QED) is 0.504. The molecule has 1 atom stereocenters. The van der Waals surface area contributed by atoms with E-state index < -0.39 is 0 Å². The van der Waals surface area contributed by atoms with Crippen LogP contribution in [0.4, 0.5) is 0 Å². The summed E-state index contributed by atoms with van der Waals surface area (Å²) in [6.07, 6.45) is 0. The number of rotatable bonds is 5. The average Bonchev–Trinajstić information content (AvgIpc) is 2.94. The Kier molecular flexibility index (Phi) is 5.30. The summed E-state index contributed by atoms with van der Waals surface area (Å²) in [5.41, 5.74) is 3.98. The monoisotopic (exact) mass is 324 g/mol. The lowest BCUT2D eigenvalue weighted by molar-refractivity contribution is 0.0953. The second kappa shape index (κ2) is 7.00. The fourth-order valence-electron chi connectivity index (χ4n) is 1.99. The Labute approximate surface area is 132 Å². The molecule has 0 saturated carbocycles. The topological polar surface area (TPSA) is 71.2 Å². The zero-order valence-electron chi connectivity index (χ0n) is 11.8. The van der Waals surface area contributed by atoms with E-state index in [0.29, 0.717) is 11.6 Å². The summed E-state index contributed by atoms with van der Waals surface area (Å²) < 4.78 is 0. The van der Waals surface area contributed by atoms with E-state index in [0.717, 1.165) is 16.3 Å². The summed E-state index contributed by atoms with van der Waals surface area (Å²) in [6, 6.07) is 7.92. The number of hydrogen-bond acceptors (Lipinski definition) is 5. The van der Waals surface area contributed by atoms with Gasteiger partial charge >= 0.3 is 0 Å². The van der Waals surface area contributed by atoms with Gasteiger partial charge in [-0.1, -0.05) is 29.8 Å². The Bertz CT molecular complexity index is 631. The van der Waals surface area contributed by atoms with Crippen LogP contribution in [-0.2, 0) is 6.54 Å². The Morgan fingerprint density at radius 3 is 2.90 bits per heavy atom. The van der Waals surface area contributed by atoms with Crippen LogP contribution in [0.25, 0.3) is 0 Å². The van der Waals surface area contributed by atoms with Crippen LogP contribution in [0.1, 0.15) is 34.0 Å². The third kappa shape index (κ3) is 3.79. The number of benzene rings is 1. The summed E-state index contributed by atoms with van der Waals surface area (Å²) in [5, 5.41) is 2.98. The van der Waals surface area contributed by atoms with E-state index in [2.05, 4.69) is 22.2 Å². The number of thiazole rings is 1. The maximum atomic E-state index is 11.4. The minimum Gasteiger partial charge on any atom is -0.294 e. The highest BCUT2D eigenvalue weighted by Gasteiger charge is 2.17. The highest BCUT2D eigenvalue weighted by molar-refractivity contribution is 7.11. The number of carbonyl (C=O) groups excluding carboxylic acids is 1. The average molecular weight is 325 g/mol.